The van der Waals surface area contributed by atoms with Crippen LogP contribution in [0.2, 0.25) is 0 Å². The van der Waals surface area contributed by atoms with Crippen molar-refractivity contribution in [3.05, 3.63) is 0 Å². The van der Waals surface area contributed by atoms with Crippen LogP contribution < -0.4 is 10.0 Å². The maximum Gasteiger partial charge on any atom is 0.216 e. The molecule has 1 atom stereocenters. The number of nitrogens with one attached hydrogen (secondary N) is 2. The lowest BCUT2D eigenvalue weighted by atomic mass is 9.94. The average molecular weight is 241 g/mol. The smallest absolute Gasteiger partial charge is 0.216 e. The third-order valence-corrected chi connectivity index (χ3v) is 4.83. The summed E-state index contributed by atoms with van der Waals surface area (Å²) in [7, 11) is -3.03. The Hall–Kier alpha value is 0.160. The topological polar surface area (TPSA) is 58.2 Å². The van der Waals surface area contributed by atoms with Crippen molar-refractivity contribution in [1.82, 2.24) is 10.0 Å². The number of sulfonamides is 1. The van der Waals surface area contributed by atoms with Gasteiger partial charge < -0.3 is 5.32 Å². The van der Waals surface area contributed by atoms with Gasteiger partial charge in [-0.1, -0.05) is 6.42 Å². The molecule has 1 saturated heterocycles. The van der Waals surface area contributed by atoms with Crippen molar-refractivity contribution < 1.29 is 8.42 Å². The highest BCUT2D eigenvalue weighted by Gasteiger charge is 2.32. The predicted molar refractivity (Wildman–Crippen MR) is 58.2 cm³/mol. The highest BCUT2D eigenvalue weighted by molar-refractivity contribution is 7.90. The molecule has 2 aliphatic rings. The molecule has 1 aliphatic carbocycles. The van der Waals surface area contributed by atoms with Crippen LogP contribution in [0.25, 0.3) is 0 Å². The standard InChI is InChI=1S/C8H16N2O2S.ClH/c11-13(12,8-4-5-9-6-8)10-7-2-1-3-7;/h7-10H,1-6H2;1H. The lowest BCUT2D eigenvalue weighted by Gasteiger charge is -2.27. The number of hydrogen-bond acceptors (Lipinski definition) is 3. The normalized spacial score (nSPS) is 28.1. The minimum Gasteiger partial charge on any atom is -0.315 e. The summed E-state index contributed by atoms with van der Waals surface area (Å²) in [6.07, 6.45) is 3.94. The summed E-state index contributed by atoms with van der Waals surface area (Å²) in [5.41, 5.74) is 0. The molecule has 84 valence electrons. The molecule has 2 fully saturated rings. The van der Waals surface area contributed by atoms with Crippen molar-refractivity contribution in [2.24, 2.45) is 0 Å². The molecule has 1 aliphatic heterocycles. The maximum absolute atomic E-state index is 11.7. The van der Waals surface area contributed by atoms with E-state index in [2.05, 4.69) is 10.0 Å². The first-order valence-electron chi connectivity index (χ1n) is 4.90. The van der Waals surface area contributed by atoms with Gasteiger partial charge in [-0.3, -0.25) is 0 Å². The fourth-order valence-corrected chi connectivity index (χ4v) is 3.41. The molecule has 2 rings (SSSR count). The molecular weight excluding hydrogens is 224 g/mol. The van der Waals surface area contributed by atoms with Crippen molar-refractivity contribution in [3.8, 4) is 0 Å². The Balaban J connectivity index is 0.000000980. The summed E-state index contributed by atoms with van der Waals surface area (Å²) in [5.74, 6) is 0. The van der Waals surface area contributed by atoms with Gasteiger partial charge in [0.05, 0.1) is 5.25 Å². The summed E-state index contributed by atoms with van der Waals surface area (Å²) in [6, 6.07) is 0.227. The van der Waals surface area contributed by atoms with Crippen LogP contribution in [0.1, 0.15) is 25.7 Å². The lowest BCUT2D eigenvalue weighted by molar-refractivity contribution is 0.382. The summed E-state index contributed by atoms with van der Waals surface area (Å²) >= 11 is 0. The van der Waals surface area contributed by atoms with E-state index in [9.17, 15) is 8.42 Å². The molecule has 0 spiro atoms. The van der Waals surface area contributed by atoms with E-state index in [4.69, 9.17) is 0 Å². The molecule has 0 aromatic carbocycles. The second-order valence-electron chi connectivity index (χ2n) is 3.91. The Bertz CT molecular complexity index is 271. The van der Waals surface area contributed by atoms with Gasteiger partial charge in [-0.25, -0.2) is 13.1 Å². The van der Waals surface area contributed by atoms with Gasteiger partial charge in [0.15, 0.2) is 0 Å². The van der Waals surface area contributed by atoms with Crippen molar-refractivity contribution in [2.75, 3.05) is 13.1 Å². The molecule has 0 bridgehead atoms. The van der Waals surface area contributed by atoms with Crippen molar-refractivity contribution in [3.63, 3.8) is 0 Å². The molecule has 4 nitrogen and oxygen atoms in total. The summed E-state index contributed by atoms with van der Waals surface area (Å²) in [6.45, 7) is 1.44. The maximum atomic E-state index is 11.7. The van der Waals surface area contributed by atoms with E-state index in [1.165, 1.54) is 0 Å². The molecule has 2 N–H and O–H groups in total. The van der Waals surface area contributed by atoms with Crippen LogP contribution >= 0.6 is 12.4 Å². The minimum atomic E-state index is -3.03. The Morgan fingerprint density at radius 1 is 1.21 bits per heavy atom. The molecule has 14 heavy (non-hydrogen) atoms. The first-order valence-corrected chi connectivity index (χ1v) is 6.45. The van der Waals surface area contributed by atoms with E-state index < -0.39 is 10.0 Å². The van der Waals surface area contributed by atoms with Crippen LogP contribution in [-0.4, -0.2) is 32.8 Å². The van der Waals surface area contributed by atoms with Gasteiger partial charge in [0.1, 0.15) is 0 Å². The third-order valence-electron chi connectivity index (χ3n) is 2.89. The molecule has 0 aromatic rings. The van der Waals surface area contributed by atoms with Crippen LogP contribution in [0.5, 0.6) is 0 Å². The summed E-state index contributed by atoms with van der Waals surface area (Å²) in [5, 5.41) is 2.87. The molecule has 0 aromatic heterocycles. The molecular formula is C8H17ClN2O2S. The molecule has 1 unspecified atom stereocenters. The van der Waals surface area contributed by atoms with Crippen LogP contribution in [0.15, 0.2) is 0 Å². The fourth-order valence-electron chi connectivity index (χ4n) is 1.75. The highest BCUT2D eigenvalue weighted by atomic mass is 35.5. The Labute approximate surface area is 91.3 Å². The van der Waals surface area contributed by atoms with Crippen LogP contribution in [-0.2, 0) is 10.0 Å². The Morgan fingerprint density at radius 3 is 2.36 bits per heavy atom. The van der Waals surface area contributed by atoms with Crippen LogP contribution in [0, 0.1) is 0 Å². The van der Waals surface area contributed by atoms with Crippen LogP contribution in [0.3, 0.4) is 0 Å². The third kappa shape index (κ3) is 2.59. The monoisotopic (exact) mass is 240 g/mol. The molecule has 6 heteroatoms. The average Bonchev–Trinajstić information content (AvgIpc) is 2.49. The van der Waals surface area contributed by atoms with E-state index in [0.717, 1.165) is 32.2 Å². The lowest BCUT2D eigenvalue weighted by Crippen LogP contribution is -2.44. The van der Waals surface area contributed by atoms with Gasteiger partial charge in [-0.2, -0.15) is 0 Å². The van der Waals surface area contributed by atoms with Gasteiger partial charge in [0.2, 0.25) is 10.0 Å². The largest absolute Gasteiger partial charge is 0.315 e. The minimum absolute atomic E-state index is 0. The molecule has 0 amide bonds. The zero-order valence-electron chi connectivity index (χ0n) is 8.03. The van der Waals surface area contributed by atoms with E-state index in [1.807, 2.05) is 0 Å². The zero-order chi connectivity index (χ0) is 9.31. The number of rotatable bonds is 3. The highest BCUT2D eigenvalue weighted by Crippen LogP contribution is 2.20. The second kappa shape index (κ2) is 4.79. The molecule has 1 heterocycles. The van der Waals surface area contributed by atoms with Crippen molar-refractivity contribution in [1.29, 1.82) is 0 Å². The van der Waals surface area contributed by atoms with E-state index >= 15 is 0 Å². The van der Waals surface area contributed by atoms with Gasteiger partial charge >= 0.3 is 0 Å². The summed E-state index contributed by atoms with van der Waals surface area (Å²) < 4.78 is 26.1. The fraction of sp³-hybridized carbons (Fsp3) is 1.00. The molecule has 0 radical (unpaired) electrons. The molecule has 1 saturated carbocycles. The summed E-state index contributed by atoms with van der Waals surface area (Å²) in [4.78, 5) is 0. The second-order valence-corrected chi connectivity index (χ2v) is 5.90. The zero-order valence-corrected chi connectivity index (χ0v) is 9.66. The first kappa shape index (κ1) is 12.2. The van der Waals surface area contributed by atoms with Gasteiger partial charge in [0, 0.05) is 12.6 Å². The quantitative estimate of drug-likeness (QED) is 0.743. The van der Waals surface area contributed by atoms with E-state index in [1.54, 1.807) is 0 Å². The first-order chi connectivity index (χ1) is 6.18. The van der Waals surface area contributed by atoms with Gasteiger partial charge in [-0.15, -0.1) is 12.4 Å². The van der Waals surface area contributed by atoms with Crippen molar-refractivity contribution in [2.45, 2.75) is 37.0 Å². The SMILES string of the molecule is Cl.O=S(=O)(NC1CCC1)C1CCNC1. The van der Waals surface area contributed by atoms with E-state index in [-0.39, 0.29) is 23.7 Å². The van der Waals surface area contributed by atoms with Crippen molar-refractivity contribution >= 4 is 22.4 Å². The van der Waals surface area contributed by atoms with Crippen LogP contribution in [0.4, 0.5) is 0 Å². The Kier molecular flexibility index (Phi) is 4.18. The van der Waals surface area contributed by atoms with E-state index in [0.29, 0.717) is 6.54 Å². The number of halogens is 1. The number of hydrogen-bond donors (Lipinski definition) is 2. The van der Waals surface area contributed by atoms with Gasteiger partial charge in [0.25, 0.3) is 0 Å². The predicted octanol–water partition coefficient (Wildman–Crippen LogP) is 0.242. The Morgan fingerprint density at radius 2 is 1.93 bits per heavy atom. The van der Waals surface area contributed by atoms with Gasteiger partial charge in [-0.05, 0) is 25.8 Å².